The minimum absolute atomic E-state index is 0.0728. The zero-order chi connectivity index (χ0) is 22.5. The van der Waals surface area contributed by atoms with Crippen LogP contribution in [0.1, 0.15) is 27.6 Å². The molecule has 0 aromatic heterocycles. The highest BCUT2D eigenvalue weighted by Gasteiger charge is 2.31. The first-order valence-corrected chi connectivity index (χ1v) is 11.7. The van der Waals surface area contributed by atoms with E-state index in [0.29, 0.717) is 24.7 Å². The third-order valence-corrected chi connectivity index (χ3v) is 6.84. The van der Waals surface area contributed by atoms with Crippen molar-refractivity contribution in [2.75, 3.05) is 24.7 Å². The molecule has 1 heterocycles. The lowest BCUT2D eigenvalue weighted by molar-refractivity contribution is 0.214. The molecule has 166 valence electrons. The van der Waals surface area contributed by atoms with Crippen molar-refractivity contribution in [2.45, 2.75) is 25.8 Å². The van der Waals surface area contributed by atoms with Crippen LogP contribution in [0.15, 0.2) is 66.7 Å². The van der Waals surface area contributed by atoms with Crippen LogP contribution in [0.5, 0.6) is 11.5 Å². The van der Waals surface area contributed by atoms with Crippen molar-refractivity contribution >= 4 is 23.5 Å². The number of anilines is 1. The fourth-order valence-electron chi connectivity index (χ4n) is 3.84. The number of carbonyl (C=O) groups is 1. The highest BCUT2D eigenvalue weighted by atomic mass is 32.2. The predicted molar refractivity (Wildman–Crippen MR) is 131 cm³/mol. The van der Waals surface area contributed by atoms with E-state index in [9.17, 15) is 4.79 Å². The third-order valence-electron chi connectivity index (χ3n) is 5.57. The van der Waals surface area contributed by atoms with Gasteiger partial charge in [-0.25, -0.2) is 4.79 Å². The smallest absolute Gasteiger partial charge is 0.323 e. The Morgan fingerprint density at radius 1 is 1.03 bits per heavy atom. The number of amides is 2. The van der Waals surface area contributed by atoms with Gasteiger partial charge in [-0.2, -0.15) is 0 Å². The van der Waals surface area contributed by atoms with Gasteiger partial charge in [0.25, 0.3) is 0 Å². The van der Waals surface area contributed by atoms with Crippen LogP contribution in [0.25, 0.3) is 0 Å². The molecule has 0 radical (unpaired) electrons. The van der Waals surface area contributed by atoms with Crippen molar-refractivity contribution in [1.29, 1.82) is 0 Å². The number of hydrogen-bond acceptors (Lipinski definition) is 4. The number of nitrogens with one attached hydrogen (secondary N) is 1. The summed E-state index contributed by atoms with van der Waals surface area (Å²) in [5.41, 5.74) is 5.12. The molecule has 1 atom stereocenters. The number of methoxy groups -OCH3 is 1. The Kier molecular flexibility index (Phi) is 6.90. The monoisotopic (exact) mass is 448 g/mol. The second-order valence-electron chi connectivity index (χ2n) is 7.80. The van der Waals surface area contributed by atoms with Crippen LogP contribution in [0.3, 0.4) is 0 Å². The Labute approximate surface area is 193 Å². The standard InChI is InChI=1S/C26H28N2O3S/c1-18-8-7-9-19(2)24(18)27-26(29)28-14-15-32-25(28)21-12-13-22(23(16-21)30-3)31-17-20-10-5-4-6-11-20/h4-13,16,25H,14-15,17H2,1-3H3,(H,27,29)/t25-/m1/s1. The fourth-order valence-corrected chi connectivity index (χ4v) is 5.08. The average Bonchev–Trinajstić information content (AvgIpc) is 3.31. The molecular formula is C26H28N2O3S. The van der Waals surface area contributed by atoms with Gasteiger partial charge in [-0.05, 0) is 48.2 Å². The van der Waals surface area contributed by atoms with E-state index in [2.05, 4.69) is 5.32 Å². The van der Waals surface area contributed by atoms with Gasteiger partial charge < -0.3 is 19.7 Å². The van der Waals surface area contributed by atoms with E-state index < -0.39 is 0 Å². The number of rotatable bonds is 6. The summed E-state index contributed by atoms with van der Waals surface area (Å²) < 4.78 is 11.6. The van der Waals surface area contributed by atoms with Crippen molar-refractivity contribution in [3.8, 4) is 11.5 Å². The summed E-state index contributed by atoms with van der Waals surface area (Å²) in [7, 11) is 1.64. The minimum Gasteiger partial charge on any atom is -0.493 e. The summed E-state index contributed by atoms with van der Waals surface area (Å²) in [4.78, 5) is 15.0. The van der Waals surface area contributed by atoms with E-state index in [1.165, 1.54) is 0 Å². The molecule has 3 aromatic rings. The second-order valence-corrected chi connectivity index (χ2v) is 8.99. The highest BCUT2D eigenvalue weighted by molar-refractivity contribution is 7.99. The van der Waals surface area contributed by atoms with Crippen LogP contribution in [0, 0.1) is 13.8 Å². The minimum atomic E-state index is -0.0826. The molecule has 0 unspecified atom stereocenters. The summed E-state index contributed by atoms with van der Waals surface area (Å²) in [6.07, 6.45) is 0. The average molecular weight is 449 g/mol. The van der Waals surface area contributed by atoms with Crippen molar-refractivity contribution < 1.29 is 14.3 Å². The quantitative estimate of drug-likeness (QED) is 0.490. The molecule has 1 aliphatic heterocycles. The molecule has 0 saturated carbocycles. The van der Waals surface area contributed by atoms with Crippen LogP contribution in [0.4, 0.5) is 10.5 Å². The maximum absolute atomic E-state index is 13.1. The summed E-state index contributed by atoms with van der Waals surface area (Å²) in [6.45, 7) is 5.19. The molecule has 1 saturated heterocycles. The molecule has 3 aromatic carbocycles. The van der Waals surface area contributed by atoms with Gasteiger partial charge in [-0.15, -0.1) is 11.8 Å². The van der Waals surface area contributed by atoms with E-state index in [0.717, 1.165) is 33.7 Å². The van der Waals surface area contributed by atoms with Gasteiger partial charge in [0, 0.05) is 18.0 Å². The fraction of sp³-hybridized carbons (Fsp3) is 0.269. The topological polar surface area (TPSA) is 50.8 Å². The lowest BCUT2D eigenvalue weighted by atomic mass is 10.1. The first kappa shape index (κ1) is 22.1. The number of para-hydroxylation sites is 1. The third kappa shape index (κ3) is 4.86. The summed E-state index contributed by atoms with van der Waals surface area (Å²) in [6, 6.07) is 21.9. The van der Waals surface area contributed by atoms with Gasteiger partial charge in [-0.3, -0.25) is 0 Å². The van der Waals surface area contributed by atoms with E-state index in [1.54, 1.807) is 18.9 Å². The molecule has 5 nitrogen and oxygen atoms in total. The van der Waals surface area contributed by atoms with E-state index in [1.807, 2.05) is 85.5 Å². The number of urea groups is 1. The van der Waals surface area contributed by atoms with Gasteiger partial charge in [-0.1, -0.05) is 54.6 Å². The van der Waals surface area contributed by atoms with Crippen molar-refractivity contribution in [2.24, 2.45) is 0 Å². The van der Waals surface area contributed by atoms with Crippen LogP contribution < -0.4 is 14.8 Å². The number of nitrogens with zero attached hydrogens (tertiary/aromatic N) is 1. The number of aryl methyl sites for hydroxylation is 2. The lowest BCUT2D eigenvalue weighted by Gasteiger charge is -2.26. The van der Waals surface area contributed by atoms with Gasteiger partial charge in [0.1, 0.15) is 12.0 Å². The molecule has 1 N–H and O–H groups in total. The zero-order valence-electron chi connectivity index (χ0n) is 18.6. The van der Waals surface area contributed by atoms with Crippen molar-refractivity contribution in [3.05, 3.63) is 89.0 Å². The summed E-state index contributed by atoms with van der Waals surface area (Å²) in [5, 5.41) is 3.04. The maximum atomic E-state index is 13.1. The molecule has 4 rings (SSSR count). The largest absolute Gasteiger partial charge is 0.493 e. The van der Waals surface area contributed by atoms with Crippen LogP contribution in [-0.2, 0) is 6.61 Å². The molecule has 6 heteroatoms. The molecular weight excluding hydrogens is 420 g/mol. The molecule has 0 bridgehead atoms. The first-order valence-electron chi connectivity index (χ1n) is 10.7. The summed E-state index contributed by atoms with van der Waals surface area (Å²) in [5.74, 6) is 2.25. The van der Waals surface area contributed by atoms with Gasteiger partial charge in [0.05, 0.1) is 7.11 Å². The number of hydrogen-bond donors (Lipinski definition) is 1. The van der Waals surface area contributed by atoms with Gasteiger partial charge in [0.2, 0.25) is 0 Å². The molecule has 2 amide bonds. The molecule has 0 spiro atoms. The van der Waals surface area contributed by atoms with E-state index in [4.69, 9.17) is 9.47 Å². The molecule has 1 fully saturated rings. The number of thioether (sulfide) groups is 1. The maximum Gasteiger partial charge on any atom is 0.323 e. The highest BCUT2D eigenvalue weighted by Crippen LogP contribution is 2.41. The van der Waals surface area contributed by atoms with Gasteiger partial charge in [0.15, 0.2) is 11.5 Å². The number of benzene rings is 3. The van der Waals surface area contributed by atoms with Crippen LogP contribution >= 0.6 is 11.8 Å². The molecule has 1 aliphatic rings. The predicted octanol–water partition coefficient (Wildman–Crippen LogP) is 6.17. The second kappa shape index (κ2) is 10.0. The zero-order valence-corrected chi connectivity index (χ0v) is 19.4. The van der Waals surface area contributed by atoms with Crippen LogP contribution in [0.2, 0.25) is 0 Å². The normalized spacial score (nSPS) is 15.5. The Morgan fingerprint density at radius 2 is 1.78 bits per heavy atom. The van der Waals surface area contributed by atoms with Crippen LogP contribution in [-0.4, -0.2) is 30.3 Å². The Morgan fingerprint density at radius 3 is 2.50 bits per heavy atom. The Balaban J connectivity index is 1.50. The summed E-state index contributed by atoms with van der Waals surface area (Å²) >= 11 is 1.75. The van der Waals surface area contributed by atoms with Gasteiger partial charge >= 0.3 is 6.03 Å². The van der Waals surface area contributed by atoms with Crippen molar-refractivity contribution in [1.82, 2.24) is 4.90 Å². The first-order chi connectivity index (χ1) is 15.6. The van der Waals surface area contributed by atoms with E-state index >= 15 is 0 Å². The lowest BCUT2D eigenvalue weighted by Crippen LogP contribution is -2.34. The Hall–Kier alpha value is -3.12. The SMILES string of the molecule is COc1cc([C@H]2SCCN2C(=O)Nc2c(C)cccc2C)ccc1OCc1ccccc1. The number of carbonyl (C=O) groups excluding carboxylic acids is 1. The Bertz CT molecular complexity index is 1070. The molecule has 32 heavy (non-hydrogen) atoms. The van der Waals surface area contributed by atoms with Crippen molar-refractivity contribution in [3.63, 3.8) is 0 Å². The molecule has 0 aliphatic carbocycles. The number of ether oxygens (including phenoxy) is 2. The van der Waals surface area contributed by atoms with E-state index in [-0.39, 0.29) is 11.4 Å².